The minimum atomic E-state index is 0.772. The van der Waals surface area contributed by atoms with Gasteiger partial charge in [0.05, 0.1) is 0 Å². The summed E-state index contributed by atoms with van der Waals surface area (Å²) in [6.45, 7) is 7.08. The first-order valence-electron chi connectivity index (χ1n) is 5.32. The van der Waals surface area contributed by atoms with Crippen LogP contribution in [-0.2, 0) is 0 Å². The molecule has 0 aromatic heterocycles. The maximum atomic E-state index is 3.47. The molecule has 1 rings (SSSR count). The number of rotatable bonds is 2. The molecule has 0 aliphatic heterocycles. The summed E-state index contributed by atoms with van der Waals surface area (Å²) in [5.74, 6) is 2.68. The van der Waals surface area contributed by atoms with Gasteiger partial charge in [-0.1, -0.05) is 27.2 Å². The van der Waals surface area contributed by atoms with E-state index in [0.29, 0.717) is 0 Å². The zero-order valence-corrected chi connectivity index (χ0v) is 8.93. The third kappa shape index (κ3) is 2.22. The summed E-state index contributed by atoms with van der Waals surface area (Å²) in [5, 5.41) is 3.47. The summed E-state index contributed by atoms with van der Waals surface area (Å²) in [7, 11) is 2.11. The second kappa shape index (κ2) is 4.27. The fourth-order valence-corrected chi connectivity index (χ4v) is 2.53. The van der Waals surface area contributed by atoms with Crippen molar-refractivity contribution < 1.29 is 0 Å². The highest BCUT2D eigenvalue weighted by molar-refractivity contribution is 4.84. The Morgan fingerprint density at radius 1 is 1.25 bits per heavy atom. The zero-order valence-electron chi connectivity index (χ0n) is 8.93. The first-order chi connectivity index (χ1) is 5.65. The summed E-state index contributed by atoms with van der Waals surface area (Å²) in [6.07, 6.45) is 4.23. The molecule has 3 atom stereocenters. The van der Waals surface area contributed by atoms with Crippen LogP contribution >= 0.6 is 0 Å². The molecule has 1 heteroatoms. The van der Waals surface area contributed by atoms with Gasteiger partial charge in [-0.15, -0.1) is 0 Å². The van der Waals surface area contributed by atoms with Gasteiger partial charge in [0.25, 0.3) is 0 Å². The molecular formula is C11H23N. The van der Waals surface area contributed by atoms with Gasteiger partial charge in [0.1, 0.15) is 0 Å². The van der Waals surface area contributed by atoms with Crippen molar-refractivity contribution in [2.24, 2.45) is 17.8 Å². The second-order valence-corrected chi connectivity index (χ2v) is 4.72. The van der Waals surface area contributed by atoms with Gasteiger partial charge in [-0.05, 0) is 37.6 Å². The quantitative estimate of drug-likeness (QED) is 0.670. The summed E-state index contributed by atoms with van der Waals surface area (Å²) in [4.78, 5) is 0. The fourth-order valence-electron chi connectivity index (χ4n) is 2.53. The van der Waals surface area contributed by atoms with E-state index < -0.39 is 0 Å². The van der Waals surface area contributed by atoms with E-state index in [4.69, 9.17) is 0 Å². The molecule has 0 bridgehead atoms. The summed E-state index contributed by atoms with van der Waals surface area (Å²) in [6, 6.07) is 0.772. The van der Waals surface area contributed by atoms with Crippen LogP contribution in [0.1, 0.15) is 40.0 Å². The van der Waals surface area contributed by atoms with Gasteiger partial charge in [0, 0.05) is 6.04 Å². The SMILES string of the molecule is CNC1C[C@@H](C)CC[C@@H]1C(C)C. The van der Waals surface area contributed by atoms with Crippen molar-refractivity contribution in [3.63, 3.8) is 0 Å². The van der Waals surface area contributed by atoms with Crippen molar-refractivity contribution in [2.75, 3.05) is 7.05 Å². The lowest BCUT2D eigenvalue weighted by molar-refractivity contribution is 0.177. The first-order valence-corrected chi connectivity index (χ1v) is 5.32. The van der Waals surface area contributed by atoms with E-state index in [1.54, 1.807) is 0 Å². The smallest absolute Gasteiger partial charge is 0.00973 e. The highest BCUT2D eigenvalue weighted by Gasteiger charge is 2.29. The molecule has 1 fully saturated rings. The molecule has 1 N–H and O–H groups in total. The number of nitrogens with one attached hydrogen (secondary N) is 1. The molecule has 1 nitrogen and oxygen atoms in total. The molecule has 72 valence electrons. The summed E-state index contributed by atoms with van der Waals surface area (Å²) >= 11 is 0. The standard InChI is InChI=1S/C11H23N/c1-8(2)10-6-5-9(3)7-11(10)12-4/h8-12H,5-7H2,1-4H3/t9-,10+,11?/m0/s1. The van der Waals surface area contributed by atoms with E-state index in [-0.39, 0.29) is 0 Å². The van der Waals surface area contributed by atoms with E-state index >= 15 is 0 Å². The Labute approximate surface area is 76.9 Å². The predicted molar refractivity (Wildman–Crippen MR) is 54.2 cm³/mol. The van der Waals surface area contributed by atoms with Crippen LogP contribution < -0.4 is 5.32 Å². The van der Waals surface area contributed by atoms with Gasteiger partial charge >= 0.3 is 0 Å². The Morgan fingerprint density at radius 2 is 1.92 bits per heavy atom. The lowest BCUT2D eigenvalue weighted by Crippen LogP contribution is -2.40. The van der Waals surface area contributed by atoms with Crippen molar-refractivity contribution in [1.82, 2.24) is 5.32 Å². The fraction of sp³-hybridized carbons (Fsp3) is 1.00. The maximum Gasteiger partial charge on any atom is 0.00973 e. The number of hydrogen-bond donors (Lipinski definition) is 1. The predicted octanol–water partition coefficient (Wildman–Crippen LogP) is 2.67. The van der Waals surface area contributed by atoms with Gasteiger partial charge in [0.15, 0.2) is 0 Å². The molecule has 1 aliphatic carbocycles. The van der Waals surface area contributed by atoms with E-state index in [1.165, 1.54) is 19.3 Å². The highest BCUT2D eigenvalue weighted by Crippen LogP contribution is 2.32. The molecule has 1 aliphatic rings. The third-order valence-electron chi connectivity index (χ3n) is 3.39. The van der Waals surface area contributed by atoms with Crippen LogP contribution in [0.15, 0.2) is 0 Å². The lowest BCUT2D eigenvalue weighted by Gasteiger charge is -2.37. The van der Waals surface area contributed by atoms with Crippen LogP contribution in [0.5, 0.6) is 0 Å². The van der Waals surface area contributed by atoms with Crippen molar-refractivity contribution in [2.45, 2.75) is 46.1 Å². The van der Waals surface area contributed by atoms with E-state index in [0.717, 1.165) is 23.8 Å². The second-order valence-electron chi connectivity index (χ2n) is 4.72. The molecule has 0 aromatic carbocycles. The molecule has 1 saturated carbocycles. The minimum Gasteiger partial charge on any atom is -0.317 e. The van der Waals surface area contributed by atoms with Crippen LogP contribution in [0.2, 0.25) is 0 Å². The van der Waals surface area contributed by atoms with Crippen molar-refractivity contribution in [1.29, 1.82) is 0 Å². The van der Waals surface area contributed by atoms with Gasteiger partial charge in [-0.3, -0.25) is 0 Å². The summed E-state index contributed by atoms with van der Waals surface area (Å²) in [5.41, 5.74) is 0. The first kappa shape index (κ1) is 10.0. The molecule has 0 amide bonds. The Bertz CT molecular complexity index is 131. The van der Waals surface area contributed by atoms with Crippen molar-refractivity contribution >= 4 is 0 Å². The lowest BCUT2D eigenvalue weighted by atomic mass is 9.74. The molecule has 0 saturated heterocycles. The summed E-state index contributed by atoms with van der Waals surface area (Å²) < 4.78 is 0. The maximum absolute atomic E-state index is 3.47. The molecule has 12 heavy (non-hydrogen) atoms. The molecule has 0 radical (unpaired) electrons. The van der Waals surface area contributed by atoms with Gasteiger partial charge < -0.3 is 5.32 Å². The molecule has 1 unspecified atom stereocenters. The van der Waals surface area contributed by atoms with Crippen LogP contribution in [0.3, 0.4) is 0 Å². The molecule has 0 heterocycles. The third-order valence-corrected chi connectivity index (χ3v) is 3.39. The normalized spacial score (nSPS) is 37.2. The minimum absolute atomic E-state index is 0.772. The molecule has 0 spiro atoms. The highest BCUT2D eigenvalue weighted by atomic mass is 14.9. The van der Waals surface area contributed by atoms with Crippen LogP contribution in [0.4, 0.5) is 0 Å². The van der Waals surface area contributed by atoms with Crippen molar-refractivity contribution in [3.05, 3.63) is 0 Å². The van der Waals surface area contributed by atoms with Gasteiger partial charge in [-0.25, -0.2) is 0 Å². The average molecular weight is 169 g/mol. The topological polar surface area (TPSA) is 12.0 Å². The van der Waals surface area contributed by atoms with Crippen molar-refractivity contribution in [3.8, 4) is 0 Å². The van der Waals surface area contributed by atoms with Crippen LogP contribution in [0, 0.1) is 17.8 Å². The monoisotopic (exact) mass is 169 g/mol. The van der Waals surface area contributed by atoms with Crippen LogP contribution in [-0.4, -0.2) is 13.1 Å². The van der Waals surface area contributed by atoms with E-state index in [1.807, 2.05) is 0 Å². The zero-order chi connectivity index (χ0) is 9.14. The molecule has 0 aromatic rings. The van der Waals surface area contributed by atoms with Crippen LogP contribution in [0.25, 0.3) is 0 Å². The van der Waals surface area contributed by atoms with E-state index in [9.17, 15) is 0 Å². The Balaban J connectivity index is 2.50. The van der Waals surface area contributed by atoms with Gasteiger partial charge in [0.2, 0.25) is 0 Å². The number of hydrogen-bond acceptors (Lipinski definition) is 1. The average Bonchev–Trinajstić information content (AvgIpc) is 2.03. The Kier molecular flexibility index (Phi) is 3.57. The largest absolute Gasteiger partial charge is 0.317 e. The Hall–Kier alpha value is -0.0400. The Morgan fingerprint density at radius 3 is 2.42 bits per heavy atom. The van der Waals surface area contributed by atoms with Gasteiger partial charge in [-0.2, -0.15) is 0 Å². The van der Waals surface area contributed by atoms with E-state index in [2.05, 4.69) is 33.1 Å². The molecular weight excluding hydrogens is 146 g/mol.